The summed E-state index contributed by atoms with van der Waals surface area (Å²) in [6.45, 7) is 5.52. The molecule has 1 aromatic carbocycles. The number of ether oxygens (including phenoxy) is 1. The van der Waals surface area contributed by atoms with Crippen LogP contribution in [0.4, 0.5) is 14.9 Å². The van der Waals surface area contributed by atoms with E-state index in [1.165, 1.54) is 28.2 Å². The highest BCUT2D eigenvalue weighted by atomic mass is 31.2. The highest BCUT2D eigenvalue weighted by molar-refractivity contribution is 7.45. The van der Waals surface area contributed by atoms with Gasteiger partial charge in [0.05, 0.1) is 18.3 Å². The Morgan fingerprint density at radius 1 is 1.31 bits per heavy atom. The minimum Gasteiger partial charge on any atom is -0.441 e. The number of phosphoric acid groups is 1. The Balaban J connectivity index is 0.000000623. The molecule has 4 N–H and O–H groups in total. The number of cyclic esters (lactones) is 1. The van der Waals surface area contributed by atoms with Gasteiger partial charge in [-0.3, -0.25) is 9.88 Å². The van der Waals surface area contributed by atoms with Gasteiger partial charge in [-0.1, -0.05) is 19.6 Å². The van der Waals surface area contributed by atoms with Gasteiger partial charge in [0.15, 0.2) is 0 Å². The summed E-state index contributed by atoms with van der Waals surface area (Å²) in [6.07, 6.45) is 1.39. The Hall–Kier alpha value is -3.55. The van der Waals surface area contributed by atoms with Crippen LogP contribution in [-0.2, 0) is 9.30 Å². The van der Waals surface area contributed by atoms with E-state index in [9.17, 15) is 14.3 Å². The molecule has 1 saturated heterocycles. The third kappa shape index (κ3) is 6.74. The van der Waals surface area contributed by atoms with Gasteiger partial charge in [0.1, 0.15) is 17.6 Å². The molecule has 4 rings (SSSR count). The van der Waals surface area contributed by atoms with Crippen molar-refractivity contribution in [3.63, 3.8) is 0 Å². The van der Waals surface area contributed by atoms with Crippen LogP contribution in [0, 0.1) is 5.82 Å². The van der Waals surface area contributed by atoms with Gasteiger partial charge in [-0.2, -0.15) is 0 Å². The van der Waals surface area contributed by atoms with Crippen LogP contribution in [0.2, 0.25) is 0 Å². The van der Waals surface area contributed by atoms with Crippen molar-refractivity contribution in [3.05, 3.63) is 48.9 Å². The van der Waals surface area contributed by atoms with Gasteiger partial charge >= 0.3 is 13.9 Å². The zero-order valence-electron chi connectivity index (χ0n) is 18.3. The van der Waals surface area contributed by atoms with E-state index in [2.05, 4.69) is 27.0 Å². The molecule has 0 saturated carbocycles. The molecule has 1 amide bonds. The van der Waals surface area contributed by atoms with E-state index in [-0.39, 0.29) is 6.54 Å². The summed E-state index contributed by atoms with van der Waals surface area (Å²) in [5, 5.41) is 21.6. The molecule has 2 atom stereocenters. The molecule has 3 aromatic rings. The van der Waals surface area contributed by atoms with E-state index in [4.69, 9.17) is 24.0 Å². The first-order valence-corrected chi connectivity index (χ1v) is 11.7. The number of aliphatic hydroxyl groups is 1. The molecule has 0 spiro atoms. The average molecular weight is 508 g/mol. The van der Waals surface area contributed by atoms with E-state index in [1.807, 2.05) is 0 Å². The molecule has 15 heteroatoms. The monoisotopic (exact) mass is 508 g/mol. The van der Waals surface area contributed by atoms with E-state index < -0.39 is 31.9 Å². The summed E-state index contributed by atoms with van der Waals surface area (Å²) in [5.41, 5.74) is 1.74. The van der Waals surface area contributed by atoms with E-state index in [0.29, 0.717) is 34.8 Å². The normalized spacial score (nSPS) is 16.3. The summed E-state index contributed by atoms with van der Waals surface area (Å²) in [5.74, 6) is -0.182. The Bertz CT molecular complexity index is 1240. The molecule has 1 aliphatic heterocycles. The van der Waals surface area contributed by atoms with Gasteiger partial charge in [0.25, 0.3) is 0 Å². The molecular formula is C20H22FN6O7P. The summed E-state index contributed by atoms with van der Waals surface area (Å²) >= 11 is 0. The number of anilines is 1. The third-order valence-electron chi connectivity index (χ3n) is 4.84. The standard InChI is InChI=1S/C20H19FN6O3.H3O4P/c1-3-17(28)18-11-26(20(29)30-18)13-6-7-14(15(21)9-13)12-5-8-16(22-10-12)19-23-25-27(4-2)24-19;1-5(2,3)4/h4-10,17-18,28H,2-3,11H2,1H3;(H3,1,2,3,4)/t17?,18-;/m0./s1. The maximum Gasteiger partial charge on any atom is 0.466 e. The SMILES string of the molecule is C=Cn1nnc(-c2ccc(-c3ccc(N4C[C@@H](C(O)CC)OC4=O)cc3F)cn2)n1.O=P(O)(O)O. The Kier molecular flexibility index (Phi) is 8.04. The van der Waals surface area contributed by atoms with Crippen LogP contribution in [0.15, 0.2) is 43.1 Å². The van der Waals surface area contributed by atoms with Crippen LogP contribution >= 0.6 is 7.82 Å². The predicted molar refractivity (Wildman–Crippen MR) is 121 cm³/mol. The third-order valence-corrected chi connectivity index (χ3v) is 4.84. The van der Waals surface area contributed by atoms with Crippen molar-refractivity contribution in [3.8, 4) is 22.6 Å². The number of nitrogens with zero attached hydrogens (tertiary/aromatic N) is 6. The van der Waals surface area contributed by atoms with Crippen LogP contribution in [0.1, 0.15) is 13.3 Å². The largest absolute Gasteiger partial charge is 0.466 e. The second-order valence-electron chi connectivity index (χ2n) is 7.23. The Labute approximate surface area is 198 Å². The molecule has 0 bridgehead atoms. The maximum atomic E-state index is 14.8. The van der Waals surface area contributed by atoms with Crippen LogP contribution in [-0.4, -0.2) is 69.8 Å². The number of carbonyl (C=O) groups is 1. The minimum absolute atomic E-state index is 0.168. The van der Waals surface area contributed by atoms with Crippen molar-refractivity contribution >= 4 is 25.8 Å². The summed E-state index contributed by atoms with van der Waals surface area (Å²) in [4.78, 5) is 40.5. The predicted octanol–water partition coefficient (Wildman–Crippen LogP) is 1.81. The van der Waals surface area contributed by atoms with Crippen molar-refractivity contribution in [2.24, 2.45) is 0 Å². The first-order chi connectivity index (χ1) is 16.5. The number of halogens is 1. The summed E-state index contributed by atoms with van der Waals surface area (Å²) < 4.78 is 28.9. The van der Waals surface area contributed by atoms with Crippen molar-refractivity contribution < 1.29 is 38.3 Å². The topological polar surface area (TPSA) is 184 Å². The van der Waals surface area contributed by atoms with Crippen LogP contribution < -0.4 is 4.90 Å². The molecule has 35 heavy (non-hydrogen) atoms. The molecule has 1 unspecified atom stereocenters. The fourth-order valence-corrected chi connectivity index (χ4v) is 3.16. The number of rotatable bonds is 6. The number of aliphatic hydroxyl groups excluding tert-OH is 1. The first-order valence-electron chi connectivity index (χ1n) is 10.1. The lowest BCUT2D eigenvalue weighted by Crippen LogP contribution is -2.30. The smallest absolute Gasteiger partial charge is 0.441 e. The number of amides is 1. The summed E-state index contributed by atoms with van der Waals surface area (Å²) in [7, 11) is -4.64. The van der Waals surface area contributed by atoms with E-state index in [0.717, 1.165) is 0 Å². The molecular weight excluding hydrogens is 486 g/mol. The van der Waals surface area contributed by atoms with Crippen LogP contribution in [0.25, 0.3) is 28.8 Å². The lowest BCUT2D eigenvalue weighted by atomic mass is 10.1. The van der Waals surface area contributed by atoms with E-state index in [1.54, 1.807) is 31.2 Å². The van der Waals surface area contributed by atoms with Crippen molar-refractivity contribution in [1.29, 1.82) is 0 Å². The number of hydrogen-bond donors (Lipinski definition) is 4. The van der Waals surface area contributed by atoms with Crippen molar-refractivity contribution in [2.45, 2.75) is 25.6 Å². The fourth-order valence-electron chi connectivity index (χ4n) is 3.16. The quantitative estimate of drug-likeness (QED) is 0.356. The van der Waals surface area contributed by atoms with Gasteiger partial charge in [-0.15, -0.1) is 15.0 Å². The molecule has 0 radical (unpaired) electrons. The maximum absolute atomic E-state index is 14.8. The Morgan fingerprint density at radius 2 is 2.03 bits per heavy atom. The fraction of sp³-hybridized carbons (Fsp3) is 0.250. The number of tetrazole rings is 1. The highest BCUT2D eigenvalue weighted by Gasteiger charge is 2.36. The number of aromatic nitrogens is 5. The molecule has 13 nitrogen and oxygen atoms in total. The zero-order chi connectivity index (χ0) is 25.8. The van der Waals surface area contributed by atoms with Crippen molar-refractivity contribution in [1.82, 2.24) is 25.2 Å². The molecule has 1 fully saturated rings. The second kappa shape index (κ2) is 10.8. The molecule has 0 aliphatic carbocycles. The number of benzene rings is 1. The van der Waals surface area contributed by atoms with Crippen LogP contribution in [0.3, 0.4) is 0 Å². The molecule has 3 heterocycles. The van der Waals surface area contributed by atoms with Gasteiger partial charge in [-0.25, -0.2) is 13.8 Å². The van der Waals surface area contributed by atoms with E-state index >= 15 is 0 Å². The molecule has 1 aliphatic rings. The number of carbonyl (C=O) groups excluding carboxylic acids is 1. The summed E-state index contributed by atoms with van der Waals surface area (Å²) in [6, 6.07) is 7.84. The zero-order valence-corrected chi connectivity index (χ0v) is 19.2. The average Bonchev–Trinajstić information content (AvgIpc) is 3.44. The number of pyridine rings is 1. The molecule has 186 valence electrons. The minimum atomic E-state index is -4.64. The van der Waals surface area contributed by atoms with Gasteiger partial charge in [-0.05, 0) is 35.9 Å². The first kappa shape index (κ1) is 26.1. The van der Waals surface area contributed by atoms with Gasteiger partial charge in [0.2, 0.25) is 5.82 Å². The van der Waals surface area contributed by atoms with Crippen LogP contribution in [0.5, 0.6) is 0 Å². The van der Waals surface area contributed by atoms with Gasteiger partial charge in [0, 0.05) is 23.5 Å². The Morgan fingerprint density at radius 3 is 2.57 bits per heavy atom. The number of hydrogen-bond acceptors (Lipinski definition) is 8. The second-order valence-corrected chi connectivity index (χ2v) is 8.26. The lowest BCUT2D eigenvalue weighted by molar-refractivity contribution is 0.0308. The molecule has 2 aromatic heterocycles. The lowest BCUT2D eigenvalue weighted by Gasteiger charge is -2.16. The van der Waals surface area contributed by atoms with Gasteiger partial charge < -0.3 is 24.5 Å². The highest BCUT2D eigenvalue weighted by Crippen LogP contribution is 2.30. The van der Waals surface area contributed by atoms with Crippen molar-refractivity contribution in [2.75, 3.05) is 11.4 Å².